The molecular formula is C24H30F3NO. The number of nitriles is 1. The van der Waals surface area contributed by atoms with E-state index in [1.807, 2.05) is 6.08 Å². The molecule has 0 N–H and O–H groups in total. The van der Waals surface area contributed by atoms with Crippen LogP contribution in [0.1, 0.15) is 75.7 Å². The Balaban J connectivity index is 1.41. The van der Waals surface area contributed by atoms with Crippen molar-refractivity contribution >= 4 is 0 Å². The Morgan fingerprint density at radius 1 is 0.931 bits per heavy atom. The first kappa shape index (κ1) is 21.7. The van der Waals surface area contributed by atoms with Crippen LogP contribution in [-0.2, 0) is 0 Å². The number of hydrogen-bond donors (Lipinski definition) is 0. The summed E-state index contributed by atoms with van der Waals surface area (Å²) in [5, 5.41) is 8.54. The maximum absolute atomic E-state index is 12.3. The first-order chi connectivity index (χ1) is 13.9. The molecule has 3 rings (SSSR count). The van der Waals surface area contributed by atoms with Crippen molar-refractivity contribution in [2.24, 2.45) is 17.8 Å². The van der Waals surface area contributed by atoms with Crippen LogP contribution in [0, 0.1) is 29.1 Å². The molecule has 2 aliphatic carbocycles. The number of benzene rings is 1. The van der Waals surface area contributed by atoms with Gasteiger partial charge in [-0.2, -0.15) is 5.26 Å². The molecule has 0 heterocycles. The second-order valence-corrected chi connectivity index (χ2v) is 8.62. The zero-order valence-corrected chi connectivity index (χ0v) is 16.8. The molecule has 0 amide bonds. The maximum atomic E-state index is 12.3. The molecule has 1 aromatic rings. The summed E-state index contributed by atoms with van der Waals surface area (Å²) in [7, 11) is 0. The second kappa shape index (κ2) is 10.2. The lowest BCUT2D eigenvalue weighted by atomic mass is 9.68. The van der Waals surface area contributed by atoms with Gasteiger partial charge in [0.25, 0.3) is 0 Å². The van der Waals surface area contributed by atoms with Gasteiger partial charge in [0, 0.05) is 6.08 Å². The van der Waals surface area contributed by atoms with Crippen LogP contribution in [0.2, 0.25) is 0 Å². The standard InChI is InChI=1S/C24H30F3NO/c25-24(26,27)29-23-15-13-22(14-16-23)21-11-9-20(10-12-21)19-7-5-18(6-8-19)4-2-1-3-17-28/h1,3,13-16,18-21H,2,4-12H2/b3-1+. The molecule has 2 fully saturated rings. The first-order valence-corrected chi connectivity index (χ1v) is 10.8. The van der Waals surface area contributed by atoms with Gasteiger partial charge in [-0.15, -0.1) is 13.2 Å². The highest BCUT2D eigenvalue weighted by atomic mass is 19.4. The number of ether oxygens (including phenoxy) is 1. The Kier molecular flexibility index (Phi) is 7.64. The highest BCUT2D eigenvalue weighted by Crippen LogP contribution is 2.44. The van der Waals surface area contributed by atoms with E-state index in [1.54, 1.807) is 18.2 Å². The highest BCUT2D eigenvalue weighted by molar-refractivity contribution is 5.29. The third-order valence-electron chi connectivity index (χ3n) is 6.85. The molecule has 0 saturated heterocycles. The van der Waals surface area contributed by atoms with Gasteiger partial charge in [-0.3, -0.25) is 0 Å². The van der Waals surface area contributed by atoms with Gasteiger partial charge in [0.2, 0.25) is 0 Å². The lowest BCUT2D eigenvalue weighted by molar-refractivity contribution is -0.274. The Hall–Kier alpha value is -1.96. The van der Waals surface area contributed by atoms with Gasteiger partial charge in [0.1, 0.15) is 5.75 Å². The summed E-state index contributed by atoms with van der Waals surface area (Å²) in [6.07, 6.45) is 11.1. The molecule has 2 saturated carbocycles. The molecule has 158 valence electrons. The molecule has 1 aromatic carbocycles. The predicted octanol–water partition coefficient (Wildman–Crippen LogP) is 7.53. The summed E-state index contributed by atoms with van der Waals surface area (Å²) in [6, 6.07) is 8.50. The van der Waals surface area contributed by atoms with Gasteiger partial charge < -0.3 is 4.74 Å². The van der Waals surface area contributed by atoms with Crippen LogP contribution in [0.15, 0.2) is 36.4 Å². The molecular weight excluding hydrogens is 375 g/mol. The smallest absolute Gasteiger partial charge is 0.406 e. The van der Waals surface area contributed by atoms with Crippen LogP contribution in [0.3, 0.4) is 0 Å². The van der Waals surface area contributed by atoms with E-state index < -0.39 is 6.36 Å². The lowest BCUT2D eigenvalue weighted by Crippen LogP contribution is -2.25. The fourth-order valence-electron chi connectivity index (χ4n) is 5.28. The minimum Gasteiger partial charge on any atom is -0.406 e. The number of alkyl halides is 3. The fraction of sp³-hybridized carbons (Fsp3) is 0.625. The highest BCUT2D eigenvalue weighted by Gasteiger charge is 2.32. The topological polar surface area (TPSA) is 33.0 Å². The summed E-state index contributed by atoms with van der Waals surface area (Å²) >= 11 is 0. The first-order valence-electron chi connectivity index (χ1n) is 10.8. The van der Waals surface area contributed by atoms with Crippen LogP contribution in [0.4, 0.5) is 13.2 Å². The van der Waals surface area contributed by atoms with Crippen molar-refractivity contribution in [2.45, 2.75) is 76.5 Å². The minimum atomic E-state index is -4.63. The Labute approximate surface area is 171 Å². The normalized spacial score (nSPS) is 28.2. The fourth-order valence-corrected chi connectivity index (χ4v) is 5.28. The SMILES string of the molecule is N#C/C=C/CCC1CCC(C2CCC(c3ccc(OC(F)(F)F)cc3)CC2)CC1. The van der Waals surface area contributed by atoms with Crippen molar-refractivity contribution in [1.29, 1.82) is 5.26 Å². The molecule has 2 nitrogen and oxygen atoms in total. The zero-order valence-electron chi connectivity index (χ0n) is 16.8. The number of halogens is 3. The summed E-state index contributed by atoms with van der Waals surface area (Å²) in [5.74, 6) is 2.76. The quantitative estimate of drug-likeness (QED) is 0.458. The van der Waals surface area contributed by atoms with Gasteiger partial charge in [-0.25, -0.2) is 0 Å². The van der Waals surface area contributed by atoms with Gasteiger partial charge in [0.15, 0.2) is 0 Å². The Morgan fingerprint density at radius 2 is 1.52 bits per heavy atom. The number of rotatable bonds is 6. The summed E-state index contributed by atoms with van der Waals surface area (Å²) < 4.78 is 40.9. The molecule has 5 heteroatoms. The van der Waals surface area contributed by atoms with Crippen LogP contribution >= 0.6 is 0 Å². The molecule has 0 spiro atoms. The third-order valence-corrected chi connectivity index (χ3v) is 6.85. The number of nitrogens with zero attached hydrogens (tertiary/aromatic N) is 1. The third kappa shape index (κ3) is 6.80. The minimum absolute atomic E-state index is 0.144. The Morgan fingerprint density at radius 3 is 2.07 bits per heavy atom. The van der Waals surface area contributed by atoms with Crippen molar-refractivity contribution in [3.8, 4) is 11.8 Å². The molecule has 0 unspecified atom stereocenters. The average Bonchev–Trinajstić information content (AvgIpc) is 2.71. The van der Waals surface area contributed by atoms with E-state index in [2.05, 4.69) is 10.8 Å². The molecule has 0 radical (unpaired) electrons. The summed E-state index contributed by atoms with van der Waals surface area (Å²) in [5.41, 5.74) is 1.13. The second-order valence-electron chi connectivity index (χ2n) is 8.62. The van der Waals surface area contributed by atoms with E-state index in [0.717, 1.165) is 42.6 Å². The number of allylic oxidation sites excluding steroid dienone is 2. The van der Waals surface area contributed by atoms with E-state index in [0.29, 0.717) is 5.92 Å². The van der Waals surface area contributed by atoms with E-state index in [-0.39, 0.29) is 5.75 Å². The average molecular weight is 406 g/mol. The van der Waals surface area contributed by atoms with Crippen molar-refractivity contribution < 1.29 is 17.9 Å². The van der Waals surface area contributed by atoms with Crippen LogP contribution in [-0.4, -0.2) is 6.36 Å². The van der Waals surface area contributed by atoms with Gasteiger partial charge in [-0.05, 0) is 92.7 Å². The summed E-state index contributed by atoms with van der Waals surface area (Å²) in [4.78, 5) is 0. The van der Waals surface area contributed by atoms with Crippen molar-refractivity contribution in [3.05, 3.63) is 42.0 Å². The van der Waals surface area contributed by atoms with Crippen molar-refractivity contribution in [1.82, 2.24) is 0 Å². The van der Waals surface area contributed by atoms with Crippen LogP contribution in [0.25, 0.3) is 0 Å². The lowest BCUT2D eigenvalue weighted by Gasteiger charge is -2.38. The van der Waals surface area contributed by atoms with Gasteiger partial charge in [0.05, 0.1) is 6.07 Å². The van der Waals surface area contributed by atoms with E-state index in [1.165, 1.54) is 57.1 Å². The van der Waals surface area contributed by atoms with Gasteiger partial charge in [-0.1, -0.05) is 31.1 Å². The predicted molar refractivity (Wildman–Crippen MR) is 107 cm³/mol. The summed E-state index contributed by atoms with van der Waals surface area (Å²) in [6.45, 7) is 0. The van der Waals surface area contributed by atoms with E-state index in [4.69, 9.17) is 5.26 Å². The van der Waals surface area contributed by atoms with Crippen molar-refractivity contribution in [2.75, 3.05) is 0 Å². The molecule has 0 aliphatic heterocycles. The molecule has 2 aliphatic rings. The molecule has 0 aromatic heterocycles. The zero-order chi connectivity index (χ0) is 20.7. The van der Waals surface area contributed by atoms with E-state index in [9.17, 15) is 13.2 Å². The maximum Gasteiger partial charge on any atom is 0.573 e. The van der Waals surface area contributed by atoms with Crippen LogP contribution in [0.5, 0.6) is 5.75 Å². The van der Waals surface area contributed by atoms with E-state index >= 15 is 0 Å². The van der Waals surface area contributed by atoms with Crippen LogP contribution < -0.4 is 4.74 Å². The molecule has 0 bridgehead atoms. The molecule has 0 atom stereocenters. The number of hydrogen-bond acceptors (Lipinski definition) is 2. The molecule has 29 heavy (non-hydrogen) atoms. The Bertz CT molecular complexity index is 688. The largest absolute Gasteiger partial charge is 0.573 e. The monoisotopic (exact) mass is 405 g/mol. The van der Waals surface area contributed by atoms with Crippen molar-refractivity contribution in [3.63, 3.8) is 0 Å². The van der Waals surface area contributed by atoms with Gasteiger partial charge >= 0.3 is 6.36 Å².